The molecule has 4 heteroatoms. The van der Waals surface area contributed by atoms with Crippen molar-refractivity contribution in [3.63, 3.8) is 0 Å². The van der Waals surface area contributed by atoms with E-state index in [2.05, 4.69) is 18.2 Å². The van der Waals surface area contributed by atoms with E-state index in [1.165, 1.54) is 23.3 Å². The first-order valence-electron chi connectivity index (χ1n) is 8.28. The molecule has 0 heterocycles. The number of nitrogens with zero attached hydrogens (tertiary/aromatic N) is 1. The maximum absolute atomic E-state index is 13.3. The van der Waals surface area contributed by atoms with Gasteiger partial charge in [-0.2, -0.15) is 0 Å². The molecule has 0 bridgehead atoms. The van der Waals surface area contributed by atoms with Crippen LogP contribution >= 0.6 is 0 Å². The average Bonchev–Trinajstić information content (AvgIpc) is 2.55. The van der Waals surface area contributed by atoms with Gasteiger partial charge in [0.2, 0.25) is 0 Å². The number of carbonyl (C=O) groups is 1. The van der Waals surface area contributed by atoms with Crippen LogP contribution in [-0.4, -0.2) is 36.1 Å². The first-order valence-corrected chi connectivity index (χ1v) is 8.28. The first kappa shape index (κ1) is 16.7. The van der Waals surface area contributed by atoms with Crippen LogP contribution in [0.15, 0.2) is 48.5 Å². The molecule has 1 N–H and O–H groups in total. The van der Waals surface area contributed by atoms with Crippen molar-refractivity contribution in [2.45, 2.75) is 18.8 Å². The molecule has 126 valence electrons. The van der Waals surface area contributed by atoms with Crippen LogP contribution in [0.1, 0.15) is 29.0 Å². The highest BCUT2D eigenvalue weighted by Gasteiger charge is 2.31. The Bertz CT molecular complexity index is 714. The van der Waals surface area contributed by atoms with E-state index in [4.69, 9.17) is 5.11 Å². The van der Waals surface area contributed by atoms with Gasteiger partial charge in [-0.05, 0) is 54.6 Å². The van der Waals surface area contributed by atoms with Gasteiger partial charge in [-0.15, -0.1) is 0 Å². The van der Waals surface area contributed by atoms with Crippen molar-refractivity contribution in [3.05, 3.63) is 71.0 Å². The normalized spacial score (nSPS) is 20.0. The van der Waals surface area contributed by atoms with Gasteiger partial charge in [0.05, 0.1) is 6.54 Å². The lowest BCUT2D eigenvalue weighted by Crippen LogP contribution is -2.35. The van der Waals surface area contributed by atoms with Crippen LogP contribution in [-0.2, 0) is 11.2 Å². The number of halogens is 1. The molecule has 2 atom stereocenters. The van der Waals surface area contributed by atoms with E-state index in [1.54, 1.807) is 0 Å². The van der Waals surface area contributed by atoms with Crippen molar-refractivity contribution >= 4 is 5.97 Å². The molecule has 0 saturated heterocycles. The smallest absolute Gasteiger partial charge is 0.317 e. The average molecular weight is 327 g/mol. The van der Waals surface area contributed by atoms with E-state index >= 15 is 0 Å². The standard InChI is InChI=1S/C20H22FNO2/c1-22(13-19(23)24)12-16-7-6-14-4-2-3-5-18(14)20(16)15-8-10-17(21)11-9-15/h2-5,8-11,16,20H,6-7,12-13H2,1H3,(H,23,24)/t16-,20+/m1/s1. The Labute approximate surface area is 141 Å². The molecule has 0 saturated carbocycles. The fourth-order valence-electron chi connectivity index (χ4n) is 3.84. The quantitative estimate of drug-likeness (QED) is 0.913. The number of hydrogen-bond acceptors (Lipinski definition) is 2. The van der Waals surface area contributed by atoms with E-state index in [0.29, 0.717) is 12.5 Å². The molecule has 3 rings (SSSR count). The molecule has 1 aliphatic rings. The molecule has 0 aromatic heterocycles. The second-order valence-corrected chi connectivity index (χ2v) is 6.62. The molecule has 0 spiro atoms. The summed E-state index contributed by atoms with van der Waals surface area (Å²) in [6, 6.07) is 15.1. The number of fused-ring (bicyclic) bond motifs is 1. The lowest BCUT2D eigenvalue weighted by Gasteiger charge is -2.36. The topological polar surface area (TPSA) is 40.5 Å². The van der Waals surface area contributed by atoms with Gasteiger partial charge in [0.1, 0.15) is 5.82 Å². The van der Waals surface area contributed by atoms with Crippen molar-refractivity contribution in [2.75, 3.05) is 20.1 Å². The number of aryl methyl sites for hydroxylation is 1. The lowest BCUT2D eigenvalue weighted by molar-refractivity contribution is -0.138. The maximum atomic E-state index is 13.3. The molecule has 24 heavy (non-hydrogen) atoms. The highest BCUT2D eigenvalue weighted by Crippen LogP contribution is 2.41. The number of carboxylic acid groups (broad SMARTS) is 1. The monoisotopic (exact) mass is 327 g/mol. The van der Waals surface area contributed by atoms with E-state index < -0.39 is 5.97 Å². The number of rotatable bonds is 5. The van der Waals surface area contributed by atoms with Gasteiger partial charge >= 0.3 is 5.97 Å². The van der Waals surface area contributed by atoms with Crippen LogP contribution in [0.2, 0.25) is 0 Å². The minimum atomic E-state index is -0.813. The summed E-state index contributed by atoms with van der Waals surface area (Å²) < 4.78 is 13.3. The molecule has 3 nitrogen and oxygen atoms in total. The third-order valence-corrected chi connectivity index (χ3v) is 4.83. The Hall–Kier alpha value is -2.20. The van der Waals surface area contributed by atoms with E-state index in [0.717, 1.165) is 18.4 Å². The summed E-state index contributed by atoms with van der Waals surface area (Å²) in [5.74, 6) is -0.559. The van der Waals surface area contributed by atoms with Gasteiger partial charge in [-0.1, -0.05) is 36.4 Å². The molecule has 2 aromatic carbocycles. The molecule has 0 radical (unpaired) electrons. The van der Waals surface area contributed by atoms with E-state index in [1.807, 2.05) is 30.1 Å². The van der Waals surface area contributed by atoms with Crippen molar-refractivity contribution in [2.24, 2.45) is 5.92 Å². The van der Waals surface area contributed by atoms with Crippen molar-refractivity contribution in [3.8, 4) is 0 Å². The van der Waals surface area contributed by atoms with E-state index in [9.17, 15) is 9.18 Å². The van der Waals surface area contributed by atoms with Crippen LogP contribution in [0.5, 0.6) is 0 Å². The molecule has 0 unspecified atom stereocenters. The van der Waals surface area contributed by atoms with Gasteiger partial charge < -0.3 is 5.11 Å². The highest BCUT2D eigenvalue weighted by molar-refractivity contribution is 5.69. The predicted octanol–water partition coefficient (Wildman–Crippen LogP) is 3.54. The minimum absolute atomic E-state index is 0.0360. The van der Waals surface area contributed by atoms with Crippen molar-refractivity contribution < 1.29 is 14.3 Å². The maximum Gasteiger partial charge on any atom is 0.317 e. The van der Waals surface area contributed by atoms with Crippen LogP contribution in [0.25, 0.3) is 0 Å². The molecule has 2 aromatic rings. The van der Waals surface area contributed by atoms with Gasteiger partial charge in [-0.25, -0.2) is 4.39 Å². The Kier molecular flexibility index (Phi) is 4.95. The lowest BCUT2D eigenvalue weighted by atomic mass is 9.71. The predicted molar refractivity (Wildman–Crippen MR) is 91.6 cm³/mol. The second kappa shape index (κ2) is 7.14. The molecular weight excluding hydrogens is 305 g/mol. The molecule has 1 aliphatic carbocycles. The number of likely N-dealkylation sites (N-methyl/N-ethyl adjacent to an activating group) is 1. The minimum Gasteiger partial charge on any atom is -0.480 e. The summed E-state index contributed by atoms with van der Waals surface area (Å²) in [6.45, 7) is 0.747. The van der Waals surface area contributed by atoms with E-state index in [-0.39, 0.29) is 18.3 Å². The Morgan fingerprint density at radius 2 is 1.92 bits per heavy atom. The molecule has 0 fully saturated rings. The summed E-state index contributed by atoms with van der Waals surface area (Å²) in [6.07, 6.45) is 2.00. The zero-order valence-corrected chi connectivity index (χ0v) is 13.8. The Balaban J connectivity index is 1.93. The second-order valence-electron chi connectivity index (χ2n) is 6.62. The summed E-state index contributed by atoms with van der Waals surface area (Å²) in [5.41, 5.74) is 3.71. The highest BCUT2D eigenvalue weighted by atomic mass is 19.1. The Morgan fingerprint density at radius 3 is 2.62 bits per heavy atom. The third kappa shape index (κ3) is 3.65. The van der Waals surface area contributed by atoms with Crippen LogP contribution < -0.4 is 0 Å². The number of carboxylic acids is 1. The van der Waals surface area contributed by atoms with Crippen LogP contribution in [0, 0.1) is 11.7 Å². The van der Waals surface area contributed by atoms with Crippen molar-refractivity contribution in [1.29, 1.82) is 0 Å². The van der Waals surface area contributed by atoms with Gasteiger partial charge in [-0.3, -0.25) is 9.69 Å². The zero-order chi connectivity index (χ0) is 17.1. The molecule has 0 amide bonds. The summed E-state index contributed by atoms with van der Waals surface area (Å²) >= 11 is 0. The largest absolute Gasteiger partial charge is 0.480 e. The van der Waals surface area contributed by atoms with Crippen LogP contribution in [0.4, 0.5) is 4.39 Å². The Morgan fingerprint density at radius 1 is 1.21 bits per heavy atom. The number of aliphatic carboxylic acids is 1. The number of hydrogen-bond donors (Lipinski definition) is 1. The summed E-state index contributed by atoms with van der Waals surface area (Å²) in [7, 11) is 1.84. The number of benzene rings is 2. The molecular formula is C20H22FNO2. The van der Waals surface area contributed by atoms with Crippen LogP contribution in [0.3, 0.4) is 0 Å². The van der Waals surface area contributed by atoms with Gasteiger partial charge in [0, 0.05) is 12.5 Å². The van der Waals surface area contributed by atoms with Gasteiger partial charge in [0.15, 0.2) is 0 Å². The fourth-order valence-corrected chi connectivity index (χ4v) is 3.84. The zero-order valence-electron chi connectivity index (χ0n) is 13.8. The van der Waals surface area contributed by atoms with Crippen molar-refractivity contribution in [1.82, 2.24) is 4.90 Å². The summed E-state index contributed by atoms with van der Waals surface area (Å²) in [5, 5.41) is 9.00. The fraction of sp³-hybridized carbons (Fsp3) is 0.350. The van der Waals surface area contributed by atoms with Gasteiger partial charge in [0.25, 0.3) is 0 Å². The first-order chi connectivity index (χ1) is 11.5. The molecule has 0 aliphatic heterocycles. The SMILES string of the molecule is CN(CC(=O)O)C[C@H]1CCc2ccccc2[C@H]1c1ccc(F)cc1. The summed E-state index contributed by atoms with van der Waals surface area (Å²) in [4.78, 5) is 12.8. The third-order valence-electron chi connectivity index (χ3n) is 4.83.